The van der Waals surface area contributed by atoms with Crippen LogP contribution in [-0.2, 0) is 4.74 Å². The molecule has 0 aliphatic carbocycles. The molecule has 1 N–H and O–H groups in total. The quantitative estimate of drug-likeness (QED) is 0.666. The van der Waals surface area contributed by atoms with Crippen molar-refractivity contribution in [1.29, 1.82) is 0 Å². The van der Waals surface area contributed by atoms with Crippen LogP contribution in [0.2, 0.25) is 0 Å². The first-order valence-electron chi connectivity index (χ1n) is 5.53. The van der Waals surface area contributed by atoms with Gasteiger partial charge in [0.15, 0.2) is 0 Å². The molecule has 0 aromatic rings. The van der Waals surface area contributed by atoms with Crippen LogP contribution in [0.3, 0.4) is 0 Å². The maximum atomic E-state index is 11.9. The van der Waals surface area contributed by atoms with Gasteiger partial charge in [-0.15, -0.1) is 0 Å². The molecule has 1 fully saturated rings. The molecule has 0 radical (unpaired) electrons. The van der Waals surface area contributed by atoms with E-state index in [1.165, 1.54) is 0 Å². The van der Waals surface area contributed by atoms with Gasteiger partial charge in [0.2, 0.25) is 0 Å². The molecule has 2 atom stereocenters. The number of carbonyl (C=O) groups excluding carboxylic acids is 1. The average molecular weight is 214 g/mol. The second-order valence-electron chi connectivity index (χ2n) is 5.24. The van der Waals surface area contributed by atoms with E-state index in [9.17, 15) is 4.79 Å². The lowest BCUT2D eigenvalue weighted by Gasteiger charge is -2.39. The van der Waals surface area contributed by atoms with Gasteiger partial charge in [-0.3, -0.25) is 0 Å². The molecule has 0 saturated carbocycles. The number of piperazine rings is 1. The Kier molecular flexibility index (Phi) is 3.60. The molecular weight excluding hydrogens is 192 g/mol. The first-order valence-corrected chi connectivity index (χ1v) is 5.53. The summed E-state index contributed by atoms with van der Waals surface area (Å²) in [4.78, 5) is 13.7. The highest BCUT2D eigenvalue weighted by molar-refractivity contribution is 5.69. The van der Waals surface area contributed by atoms with Gasteiger partial charge in [-0.05, 0) is 34.6 Å². The Labute approximate surface area is 92.0 Å². The highest BCUT2D eigenvalue weighted by atomic mass is 16.6. The largest absolute Gasteiger partial charge is 0.444 e. The van der Waals surface area contributed by atoms with E-state index in [0.29, 0.717) is 0 Å². The molecule has 0 aromatic carbocycles. The van der Waals surface area contributed by atoms with Crippen LogP contribution >= 0.6 is 0 Å². The molecular formula is C11H22N2O2. The van der Waals surface area contributed by atoms with Gasteiger partial charge in [0.25, 0.3) is 0 Å². The Morgan fingerprint density at radius 1 is 1.27 bits per heavy atom. The number of hydrogen-bond acceptors (Lipinski definition) is 3. The van der Waals surface area contributed by atoms with Crippen LogP contribution in [0.4, 0.5) is 4.79 Å². The molecule has 1 aliphatic rings. The maximum absolute atomic E-state index is 11.9. The van der Waals surface area contributed by atoms with Crippen LogP contribution < -0.4 is 5.32 Å². The predicted molar refractivity (Wildman–Crippen MR) is 59.9 cm³/mol. The molecule has 1 heterocycles. The summed E-state index contributed by atoms with van der Waals surface area (Å²) in [5.74, 6) is 0. The summed E-state index contributed by atoms with van der Waals surface area (Å²) in [6, 6.07) is 0.396. The van der Waals surface area contributed by atoms with Crippen molar-refractivity contribution >= 4 is 6.09 Å². The fraction of sp³-hybridized carbons (Fsp3) is 0.909. The summed E-state index contributed by atoms with van der Waals surface area (Å²) < 4.78 is 5.38. The monoisotopic (exact) mass is 214 g/mol. The second-order valence-corrected chi connectivity index (χ2v) is 5.24. The molecule has 1 aliphatic heterocycles. The van der Waals surface area contributed by atoms with Gasteiger partial charge in [-0.25, -0.2) is 4.79 Å². The molecule has 0 bridgehead atoms. The Balaban J connectivity index is 2.64. The summed E-state index contributed by atoms with van der Waals surface area (Å²) in [5, 5.41) is 3.28. The first kappa shape index (κ1) is 12.3. The van der Waals surface area contributed by atoms with E-state index in [0.717, 1.165) is 13.1 Å². The van der Waals surface area contributed by atoms with Crippen molar-refractivity contribution in [3.8, 4) is 0 Å². The van der Waals surface area contributed by atoms with E-state index in [1.54, 1.807) is 0 Å². The third-order valence-corrected chi connectivity index (χ3v) is 2.43. The van der Waals surface area contributed by atoms with Gasteiger partial charge in [0, 0.05) is 25.2 Å². The molecule has 88 valence electrons. The lowest BCUT2D eigenvalue weighted by Crippen LogP contribution is -2.58. The predicted octanol–water partition coefficient (Wildman–Crippen LogP) is 1.60. The Morgan fingerprint density at radius 2 is 1.73 bits per heavy atom. The zero-order chi connectivity index (χ0) is 11.6. The maximum Gasteiger partial charge on any atom is 0.410 e. The fourth-order valence-electron chi connectivity index (χ4n) is 1.81. The van der Waals surface area contributed by atoms with Gasteiger partial charge >= 0.3 is 6.09 Å². The van der Waals surface area contributed by atoms with Gasteiger partial charge in [0.05, 0.1) is 0 Å². The molecule has 1 saturated heterocycles. The molecule has 1 amide bonds. The summed E-state index contributed by atoms with van der Waals surface area (Å²) in [6.07, 6.45) is -0.205. The van der Waals surface area contributed by atoms with Crippen molar-refractivity contribution in [3.63, 3.8) is 0 Å². The Morgan fingerprint density at radius 3 is 2.13 bits per heavy atom. The number of nitrogens with one attached hydrogen (secondary N) is 1. The van der Waals surface area contributed by atoms with Crippen LogP contribution in [0, 0.1) is 0 Å². The molecule has 0 unspecified atom stereocenters. The van der Waals surface area contributed by atoms with Crippen molar-refractivity contribution in [3.05, 3.63) is 0 Å². The van der Waals surface area contributed by atoms with Gasteiger partial charge in [-0.1, -0.05) is 0 Å². The van der Waals surface area contributed by atoms with Crippen molar-refractivity contribution in [2.45, 2.75) is 52.3 Å². The minimum atomic E-state index is -0.415. The highest BCUT2D eigenvalue weighted by Gasteiger charge is 2.32. The molecule has 1 rings (SSSR count). The molecule has 0 spiro atoms. The number of amides is 1. The SMILES string of the molecule is C[C@@H]1CNC[C@H](C)N1C(=O)OC(C)(C)C. The number of ether oxygens (including phenoxy) is 1. The van der Waals surface area contributed by atoms with Gasteiger partial charge < -0.3 is 15.0 Å². The first-order chi connectivity index (χ1) is 6.81. The molecule has 4 nitrogen and oxygen atoms in total. The van der Waals surface area contributed by atoms with Crippen LogP contribution in [-0.4, -0.2) is 41.8 Å². The lowest BCUT2D eigenvalue weighted by molar-refractivity contribution is 0.00303. The highest BCUT2D eigenvalue weighted by Crippen LogP contribution is 2.16. The summed E-state index contributed by atoms with van der Waals surface area (Å²) in [7, 11) is 0. The second kappa shape index (κ2) is 4.39. The summed E-state index contributed by atoms with van der Waals surface area (Å²) in [5.41, 5.74) is -0.415. The summed E-state index contributed by atoms with van der Waals surface area (Å²) >= 11 is 0. The zero-order valence-electron chi connectivity index (χ0n) is 10.3. The standard InChI is InChI=1S/C11H22N2O2/c1-8-6-12-7-9(2)13(8)10(14)15-11(3,4)5/h8-9,12H,6-7H2,1-5H3/t8-,9+. The van der Waals surface area contributed by atoms with Crippen LogP contribution in [0.15, 0.2) is 0 Å². The van der Waals surface area contributed by atoms with E-state index >= 15 is 0 Å². The Hall–Kier alpha value is -0.770. The lowest BCUT2D eigenvalue weighted by atomic mass is 10.1. The van der Waals surface area contributed by atoms with E-state index in [2.05, 4.69) is 5.32 Å². The fourth-order valence-corrected chi connectivity index (χ4v) is 1.81. The Bertz CT molecular complexity index is 225. The number of hydrogen-bond donors (Lipinski definition) is 1. The minimum Gasteiger partial charge on any atom is -0.444 e. The minimum absolute atomic E-state index is 0.198. The normalized spacial score (nSPS) is 27.7. The molecule has 15 heavy (non-hydrogen) atoms. The van der Waals surface area contributed by atoms with E-state index in [1.807, 2.05) is 39.5 Å². The van der Waals surface area contributed by atoms with Gasteiger partial charge in [-0.2, -0.15) is 0 Å². The zero-order valence-corrected chi connectivity index (χ0v) is 10.3. The summed E-state index contributed by atoms with van der Waals surface area (Å²) in [6.45, 7) is 11.4. The van der Waals surface area contributed by atoms with Crippen molar-refractivity contribution < 1.29 is 9.53 Å². The third-order valence-electron chi connectivity index (χ3n) is 2.43. The van der Waals surface area contributed by atoms with Crippen molar-refractivity contribution in [1.82, 2.24) is 10.2 Å². The smallest absolute Gasteiger partial charge is 0.410 e. The van der Waals surface area contributed by atoms with Gasteiger partial charge in [0.1, 0.15) is 5.60 Å². The number of nitrogens with zero attached hydrogens (tertiary/aromatic N) is 1. The third kappa shape index (κ3) is 3.38. The average Bonchev–Trinajstić information content (AvgIpc) is 1.99. The van der Waals surface area contributed by atoms with E-state index < -0.39 is 5.60 Å². The van der Waals surface area contributed by atoms with E-state index in [-0.39, 0.29) is 18.2 Å². The molecule has 4 heteroatoms. The van der Waals surface area contributed by atoms with Crippen LogP contribution in [0.5, 0.6) is 0 Å². The van der Waals surface area contributed by atoms with Crippen LogP contribution in [0.1, 0.15) is 34.6 Å². The number of rotatable bonds is 0. The van der Waals surface area contributed by atoms with Crippen molar-refractivity contribution in [2.75, 3.05) is 13.1 Å². The van der Waals surface area contributed by atoms with Crippen molar-refractivity contribution in [2.24, 2.45) is 0 Å². The number of carbonyl (C=O) groups is 1. The molecule has 0 aromatic heterocycles. The topological polar surface area (TPSA) is 41.6 Å². The van der Waals surface area contributed by atoms with E-state index in [4.69, 9.17) is 4.74 Å². The van der Waals surface area contributed by atoms with Crippen LogP contribution in [0.25, 0.3) is 0 Å².